The third-order valence-corrected chi connectivity index (χ3v) is 5.23. The topological polar surface area (TPSA) is 66.8 Å². The molecule has 2 amide bonds. The summed E-state index contributed by atoms with van der Waals surface area (Å²) in [6.07, 6.45) is 3.00. The Labute approximate surface area is 143 Å². The van der Waals surface area contributed by atoms with Crippen LogP contribution in [0.5, 0.6) is 5.75 Å². The van der Waals surface area contributed by atoms with Gasteiger partial charge in [-0.2, -0.15) is 0 Å². The lowest BCUT2D eigenvalue weighted by molar-refractivity contribution is -0.143. The zero-order valence-corrected chi connectivity index (χ0v) is 14.4. The van der Waals surface area contributed by atoms with Crippen LogP contribution in [0.3, 0.4) is 0 Å². The molecular formula is C17H20BrNO4. The lowest BCUT2D eigenvalue weighted by atomic mass is 9.84. The molecule has 124 valence electrons. The van der Waals surface area contributed by atoms with E-state index in [1.807, 2.05) is 12.1 Å². The van der Waals surface area contributed by atoms with Gasteiger partial charge in [-0.25, -0.2) is 0 Å². The molecule has 0 aromatic heterocycles. The number of β-amino-alcohol motifs (C(OH)–C–C–N with tert-alkyl or cyclic N) is 1. The minimum Gasteiger partial charge on any atom is -0.491 e. The summed E-state index contributed by atoms with van der Waals surface area (Å²) >= 11 is 3.34. The zero-order valence-electron chi connectivity index (χ0n) is 12.8. The summed E-state index contributed by atoms with van der Waals surface area (Å²) in [6.45, 7) is 0.0572. The maximum atomic E-state index is 12.5. The smallest absolute Gasteiger partial charge is 0.235 e. The highest BCUT2D eigenvalue weighted by atomic mass is 79.9. The van der Waals surface area contributed by atoms with Crippen molar-refractivity contribution in [3.05, 3.63) is 28.7 Å². The van der Waals surface area contributed by atoms with Crippen LogP contribution in [0.15, 0.2) is 28.7 Å². The van der Waals surface area contributed by atoms with Crippen molar-refractivity contribution in [2.24, 2.45) is 5.41 Å². The molecule has 23 heavy (non-hydrogen) atoms. The molecule has 1 saturated heterocycles. The van der Waals surface area contributed by atoms with Gasteiger partial charge < -0.3 is 9.84 Å². The van der Waals surface area contributed by atoms with E-state index < -0.39 is 11.5 Å². The van der Waals surface area contributed by atoms with Crippen LogP contribution in [0.4, 0.5) is 0 Å². The van der Waals surface area contributed by atoms with Crippen LogP contribution in [0, 0.1) is 5.41 Å². The molecule has 6 heteroatoms. The molecule has 1 aliphatic carbocycles. The van der Waals surface area contributed by atoms with Gasteiger partial charge in [0.15, 0.2) is 0 Å². The van der Waals surface area contributed by atoms with Crippen LogP contribution in [0.25, 0.3) is 0 Å². The Bertz CT molecular complexity index is 595. The predicted molar refractivity (Wildman–Crippen MR) is 87.9 cm³/mol. The molecule has 2 aliphatic rings. The first-order valence-electron chi connectivity index (χ1n) is 7.91. The Morgan fingerprint density at radius 1 is 1.22 bits per heavy atom. The molecule has 1 aliphatic heterocycles. The molecular weight excluding hydrogens is 362 g/mol. The third-order valence-electron chi connectivity index (χ3n) is 4.70. The predicted octanol–water partition coefficient (Wildman–Crippen LogP) is 2.51. The fourth-order valence-corrected chi connectivity index (χ4v) is 3.74. The lowest BCUT2D eigenvalue weighted by Crippen LogP contribution is -2.41. The molecule has 1 saturated carbocycles. The van der Waals surface area contributed by atoms with Gasteiger partial charge in [0.1, 0.15) is 18.5 Å². The van der Waals surface area contributed by atoms with Gasteiger partial charge in [-0.15, -0.1) is 0 Å². The number of ether oxygens (including phenoxy) is 1. The van der Waals surface area contributed by atoms with Crippen molar-refractivity contribution in [3.63, 3.8) is 0 Å². The quantitative estimate of drug-likeness (QED) is 0.795. The number of carbonyl (C=O) groups excluding carboxylic acids is 2. The van der Waals surface area contributed by atoms with Crippen LogP contribution >= 0.6 is 15.9 Å². The molecule has 1 N–H and O–H groups in total. The number of imide groups is 1. The van der Waals surface area contributed by atoms with Gasteiger partial charge in [-0.1, -0.05) is 28.8 Å². The van der Waals surface area contributed by atoms with E-state index in [0.717, 1.165) is 30.2 Å². The lowest BCUT2D eigenvalue weighted by Gasteiger charge is -2.22. The Kier molecular flexibility index (Phi) is 4.73. The van der Waals surface area contributed by atoms with Crippen molar-refractivity contribution in [1.29, 1.82) is 0 Å². The summed E-state index contributed by atoms with van der Waals surface area (Å²) in [4.78, 5) is 25.9. The number of hydrogen-bond donors (Lipinski definition) is 1. The van der Waals surface area contributed by atoms with Crippen LogP contribution in [-0.2, 0) is 9.59 Å². The monoisotopic (exact) mass is 381 g/mol. The highest BCUT2D eigenvalue weighted by molar-refractivity contribution is 9.10. The Hall–Kier alpha value is -1.40. The van der Waals surface area contributed by atoms with Crippen LogP contribution < -0.4 is 4.74 Å². The SMILES string of the molecule is O=C1CC2(CCCC2)C(=O)N1CC(O)COc1ccc(Br)cc1. The summed E-state index contributed by atoms with van der Waals surface area (Å²) in [5, 5.41) is 10.1. The number of aliphatic hydroxyl groups excluding tert-OH is 1. The summed E-state index contributed by atoms with van der Waals surface area (Å²) in [7, 11) is 0. The Balaban J connectivity index is 1.55. The normalized spacial score (nSPS) is 21.2. The van der Waals surface area contributed by atoms with Gasteiger partial charge in [0.25, 0.3) is 0 Å². The molecule has 0 bridgehead atoms. The number of nitrogens with zero attached hydrogens (tertiary/aromatic N) is 1. The largest absolute Gasteiger partial charge is 0.491 e. The van der Waals surface area contributed by atoms with Gasteiger partial charge in [0.2, 0.25) is 11.8 Å². The van der Waals surface area contributed by atoms with Gasteiger partial charge in [0.05, 0.1) is 12.0 Å². The Morgan fingerprint density at radius 3 is 2.52 bits per heavy atom. The maximum absolute atomic E-state index is 12.5. The van der Waals surface area contributed by atoms with Crippen molar-refractivity contribution in [3.8, 4) is 5.75 Å². The maximum Gasteiger partial charge on any atom is 0.235 e. The number of benzene rings is 1. The zero-order chi connectivity index (χ0) is 16.4. The molecule has 3 rings (SSSR count). The van der Waals surface area contributed by atoms with Crippen LogP contribution in [0.1, 0.15) is 32.1 Å². The average molecular weight is 382 g/mol. The molecule has 1 heterocycles. The summed E-state index contributed by atoms with van der Waals surface area (Å²) in [6, 6.07) is 7.27. The van der Waals surface area contributed by atoms with E-state index in [2.05, 4.69) is 15.9 Å². The van der Waals surface area contributed by atoms with E-state index in [1.165, 1.54) is 4.90 Å². The first kappa shape index (κ1) is 16.5. The third kappa shape index (κ3) is 3.43. The molecule has 1 aromatic rings. The van der Waals surface area contributed by atoms with Gasteiger partial charge >= 0.3 is 0 Å². The fourth-order valence-electron chi connectivity index (χ4n) is 3.47. The standard InChI is InChI=1S/C17H20BrNO4/c18-12-3-5-14(6-4-12)23-11-13(20)10-19-15(21)9-17(16(19)22)7-1-2-8-17/h3-6,13,20H,1-2,7-11H2. The van der Waals surface area contributed by atoms with Crippen molar-refractivity contribution < 1.29 is 19.4 Å². The van der Waals surface area contributed by atoms with E-state index in [9.17, 15) is 14.7 Å². The summed E-state index contributed by atoms with van der Waals surface area (Å²) in [5.74, 6) is 0.362. The highest BCUT2D eigenvalue weighted by Gasteiger charge is 2.52. The number of hydrogen-bond acceptors (Lipinski definition) is 4. The summed E-state index contributed by atoms with van der Waals surface area (Å²) < 4.78 is 6.45. The minimum atomic E-state index is -0.886. The van der Waals surface area contributed by atoms with Gasteiger partial charge in [-0.05, 0) is 37.1 Å². The van der Waals surface area contributed by atoms with E-state index in [1.54, 1.807) is 12.1 Å². The second kappa shape index (κ2) is 6.61. The molecule has 2 fully saturated rings. The molecule has 1 spiro atoms. The molecule has 1 atom stereocenters. The number of rotatable bonds is 5. The molecule has 0 radical (unpaired) electrons. The Morgan fingerprint density at radius 2 is 1.87 bits per heavy atom. The fraction of sp³-hybridized carbons (Fsp3) is 0.529. The first-order valence-corrected chi connectivity index (χ1v) is 8.71. The molecule has 1 aromatic carbocycles. The summed E-state index contributed by atoms with van der Waals surface area (Å²) in [5.41, 5.74) is -0.483. The van der Waals surface area contributed by atoms with Crippen molar-refractivity contribution in [1.82, 2.24) is 4.90 Å². The van der Waals surface area contributed by atoms with Crippen molar-refractivity contribution in [2.75, 3.05) is 13.2 Å². The van der Waals surface area contributed by atoms with Gasteiger partial charge in [-0.3, -0.25) is 14.5 Å². The van der Waals surface area contributed by atoms with Crippen molar-refractivity contribution >= 4 is 27.7 Å². The minimum absolute atomic E-state index is 0.00987. The van der Waals surface area contributed by atoms with Crippen molar-refractivity contribution in [2.45, 2.75) is 38.2 Å². The number of carbonyl (C=O) groups is 2. The van der Waals surface area contributed by atoms with E-state index in [4.69, 9.17) is 4.74 Å². The second-order valence-corrected chi connectivity index (χ2v) is 7.31. The van der Waals surface area contributed by atoms with Crippen LogP contribution in [-0.4, -0.2) is 41.1 Å². The number of amides is 2. The van der Waals surface area contributed by atoms with E-state index in [-0.39, 0.29) is 25.0 Å². The average Bonchev–Trinajstić information content (AvgIpc) is 3.08. The van der Waals surface area contributed by atoms with Gasteiger partial charge in [0, 0.05) is 10.9 Å². The number of halogens is 1. The second-order valence-electron chi connectivity index (χ2n) is 6.39. The molecule has 5 nitrogen and oxygen atoms in total. The van der Waals surface area contributed by atoms with E-state index >= 15 is 0 Å². The number of aliphatic hydroxyl groups is 1. The molecule has 1 unspecified atom stereocenters. The number of likely N-dealkylation sites (tertiary alicyclic amines) is 1. The first-order chi connectivity index (χ1) is 11.0. The van der Waals surface area contributed by atoms with Crippen LogP contribution in [0.2, 0.25) is 0 Å². The highest BCUT2D eigenvalue weighted by Crippen LogP contribution is 2.46. The van der Waals surface area contributed by atoms with E-state index in [0.29, 0.717) is 12.2 Å².